The van der Waals surface area contributed by atoms with E-state index in [1.165, 1.54) is 32.1 Å². The Kier molecular flexibility index (Phi) is 4.34. The molecule has 0 radical (unpaired) electrons. The predicted octanol–water partition coefficient (Wildman–Crippen LogP) is 5.28. The van der Waals surface area contributed by atoms with Gasteiger partial charge in [0.25, 0.3) is 0 Å². The molecule has 2 aliphatic carbocycles. The molecule has 0 aromatic carbocycles. The predicted molar refractivity (Wildman–Crippen MR) is 98.5 cm³/mol. The van der Waals surface area contributed by atoms with Gasteiger partial charge in [-0.2, -0.15) is 11.8 Å². The third kappa shape index (κ3) is 3.12. The molecule has 0 amide bonds. The zero-order chi connectivity index (χ0) is 15.4. The number of nitrogens with one attached hydrogen (secondary N) is 1. The maximum absolute atomic E-state index is 4.12. The van der Waals surface area contributed by atoms with Crippen molar-refractivity contribution in [3.8, 4) is 0 Å². The van der Waals surface area contributed by atoms with Crippen molar-refractivity contribution in [3.63, 3.8) is 0 Å². The van der Waals surface area contributed by atoms with Crippen LogP contribution in [0.4, 0.5) is 0 Å². The normalized spacial score (nSPS) is 43.7. The summed E-state index contributed by atoms with van der Waals surface area (Å²) < 4.78 is 0. The van der Waals surface area contributed by atoms with Crippen LogP contribution in [-0.2, 0) is 0 Å². The van der Waals surface area contributed by atoms with Crippen molar-refractivity contribution in [1.82, 2.24) is 4.98 Å². The first-order valence-electron chi connectivity index (χ1n) is 9.14. The van der Waals surface area contributed by atoms with Crippen molar-refractivity contribution >= 4 is 20.0 Å². The Balaban J connectivity index is 1.88. The number of fused-ring (bicyclic) bond motifs is 3. The van der Waals surface area contributed by atoms with E-state index in [1.807, 2.05) is 0 Å². The SMILES string of the molecule is CC1CC2C3CCCCC3C([Si](C)(C)NC(C)(C)C)C2S1. The van der Waals surface area contributed by atoms with Gasteiger partial charge in [0, 0.05) is 16.0 Å². The standard InChI is InChI=1S/C18H35NSSi/c1-12-11-15-13-9-7-8-10-14(13)17(16(15)20-12)21(5,6)19-18(2,3)4/h12-17,19H,7-11H2,1-6H3. The fraction of sp³-hybridized carbons (Fsp3) is 1.00. The highest BCUT2D eigenvalue weighted by atomic mass is 32.2. The number of thioether (sulfide) groups is 1. The number of hydrogen-bond donors (Lipinski definition) is 1. The molecular weight excluding hydrogens is 290 g/mol. The topological polar surface area (TPSA) is 12.0 Å². The van der Waals surface area contributed by atoms with Gasteiger partial charge in [-0.3, -0.25) is 0 Å². The van der Waals surface area contributed by atoms with E-state index in [9.17, 15) is 0 Å². The van der Waals surface area contributed by atoms with E-state index >= 15 is 0 Å². The molecular formula is C18H35NSSi. The fourth-order valence-corrected chi connectivity index (χ4v) is 13.8. The lowest BCUT2D eigenvalue weighted by Crippen LogP contribution is -2.59. The molecule has 0 bridgehead atoms. The minimum absolute atomic E-state index is 0.271. The van der Waals surface area contributed by atoms with Crippen LogP contribution in [0.3, 0.4) is 0 Å². The molecule has 1 nitrogen and oxygen atoms in total. The molecule has 0 spiro atoms. The van der Waals surface area contributed by atoms with Gasteiger partial charge in [-0.15, -0.1) is 0 Å². The third-order valence-electron chi connectivity index (χ3n) is 6.19. The molecule has 2 saturated carbocycles. The number of hydrogen-bond acceptors (Lipinski definition) is 2. The lowest BCUT2D eigenvalue weighted by atomic mass is 9.77. The Morgan fingerprint density at radius 1 is 1.00 bits per heavy atom. The van der Waals surface area contributed by atoms with E-state index in [0.29, 0.717) is 0 Å². The van der Waals surface area contributed by atoms with Crippen LogP contribution in [0.1, 0.15) is 59.8 Å². The Labute approximate surface area is 137 Å². The molecule has 3 heteroatoms. The van der Waals surface area contributed by atoms with Crippen LogP contribution in [-0.4, -0.2) is 24.3 Å². The third-order valence-corrected chi connectivity index (χ3v) is 11.9. The highest BCUT2D eigenvalue weighted by Crippen LogP contribution is 2.64. The largest absolute Gasteiger partial charge is 0.332 e. The van der Waals surface area contributed by atoms with E-state index in [1.54, 1.807) is 0 Å². The maximum Gasteiger partial charge on any atom is 0.124 e. The lowest BCUT2D eigenvalue weighted by molar-refractivity contribution is 0.223. The summed E-state index contributed by atoms with van der Waals surface area (Å²) >= 11 is 2.36. The van der Waals surface area contributed by atoms with Crippen molar-refractivity contribution in [1.29, 1.82) is 0 Å². The van der Waals surface area contributed by atoms with E-state index in [0.717, 1.165) is 33.8 Å². The average Bonchev–Trinajstić information content (AvgIpc) is 2.80. The molecule has 21 heavy (non-hydrogen) atoms. The van der Waals surface area contributed by atoms with Gasteiger partial charge in [0.1, 0.15) is 8.24 Å². The number of rotatable bonds is 2. The molecule has 1 heterocycles. The highest BCUT2D eigenvalue weighted by molar-refractivity contribution is 8.00. The van der Waals surface area contributed by atoms with Gasteiger partial charge < -0.3 is 4.98 Å². The summed E-state index contributed by atoms with van der Waals surface area (Å²) in [5.74, 6) is 3.17. The fourth-order valence-electron chi connectivity index (χ4n) is 6.12. The second-order valence-corrected chi connectivity index (χ2v) is 15.5. The van der Waals surface area contributed by atoms with Crippen molar-refractivity contribution in [3.05, 3.63) is 0 Å². The van der Waals surface area contributed by atoms with Crippen LogP contribution in [0.15, 0.2) is 0 Å². The van der Waals surface area contributed by atoms with Crippen LogP contribution in [0.5, 0.6) is 0 Å². The molecule has 6 atom stereocenters. The van der Waals surface area contributed by atoms with E-state index in [-0.39, 0.29) is 5.54 Å². The Morgan fingerprint density at radius 3 is 2.24 bits per heavy atom. The maximum atomic E-state index is 4.12. The van der Waals surface area contributed by atoms with Crippen molar-refractivity contribution < 1.29 is 0 Å². The molecule has 6 unspecified atom stereocenters. The first kappa shape index (κ1) is 16.4. The van der Waals surface area contributed by atoms with Crippen LogP contribution in [0.2, 0.25) is 18.6 Å². The second kappa shape index (κ2) is 5.56. The first-order valence-corrected chi connectivity index (χ1v) is 13.2. The average molecular weight is 326 g/mol. The summed E-state index contributed by atoms with van der Waals surface area (Å²) in [5, 5.41) is 1.88. The lowest BCUT2D eigenvalue weighted by Gasteiger charge is -2.43. The Bertz CT molecular complexity index is 389. The minimum Gasteiger partial charge on any atom is -0.332 e. The van der Waals surface area contributed by atoms with Gasteiger partial charge in [-0.1, -0.05) is 39.3 Å². The molecule has 1 N–H and O–H groups in total. The Hall–Kier alpha value is 0.527. The first-order chi connectivity index (χ1) is 9.69. The molecule has 1 aliphatic heterocycles. The molecule has 1 saturated heterocycles. The molecule has 122 valence electrons. The summed E-state index contributed by atoms with van der Waals surface area (Å²) in [4.78, 5) is 4.12. The zero-order valence-corrected chi connectivity index (χ0v) is 16.7. The Morgan fingerprint density at radius 2 is 1.62 bits per heavy atom. The molecule has 3 rings (SSSR count). The van der Waals surface area contributed by atoms with E-state index in [4.69, 9.17) is 0 Å². The summed E-state index contributed by atoms with van der Waals surface area (Å²) in [6, 6.07) is 0. The van der Waals surface area contributed by atoms with Gasteiger partial charge in [-0.25, -0.2) is 0 Å². The molecule has 3 fully saturated rings. The second-order valence-electron chi connectivity index (χ2n) is 9.55. The van der Waals surface area contributed by atoms with Gasteiger partial charge in [0.2, 0.25) is 0 Å². The van der Waals surface area contributed by atoms with Gasteiger partial charge in [0.15, 0.2) is 0 Å². The minimum atomic E-state index is -1.40. The van der Waals surface area contributed by atoms with Gasteiger partial charge in [-0.05, 0) is 56.9 Å². The van der Waals surface area contributed by atoms with E-state index in [2.05, 4.69) is 57.5 Å². The van der Waals surface area contributed by atoms with Crippen molar-refractivity contribution in [2.75, 3.05) is 0 Å². The van der Waals surface area contributed by atoms with E-state index < -0.39 is 8.24 Å². The van der Waals surface area contributed by atoms with Crippen LogP contribution in [0.25, 0.3) is 0 Å². The summed E-state index contributed by atoms with van der Waals surface area (Å²) in [6.07, 6.45) is 7.57. The summed E-state index contributed by atoms with van der Waals surface area (Å²) in [5.41, 5.74) is 1.27. The zero-order valence-electron chi connectivity index (χ0n) is 14.9. The van der Waals surface area contributed by atoms with Crippen LogP contribution >= 0.6 is 11.8 Å². The summed E-state index contributed by atoms with van der Waals surface area (Å²) in [6.45, 7) is 14.8. The van der Waals surface area contributed by atoms with Crippen LogP contribution < -0.4 is 4.98 Å². The molecule has 0 aromatic rings. The highest BCUT2D eigenvalue weighted by Gasteiger charge is 2.59. The summed E-state index contributed by atoms with van der Waals surface area (Å²) in [7, 11) is -1.40. The smallest absolute Gasteiger partial charge is 0.124 e. The monoisotopic (exact) mass is 325 g/mol. The molecule has 3 aliphatic rings. The molecule has 0 aromatic heterocycles. The van der Waals surface area contributed by atoms with Crippen LogP contribution in [0, 0.1) is 17.8 Å². The van der Waals surface area contributed by atoms with Crippen molar-refractivity contribution in [2.45, 2.75) is 94.5 Å². The van der Waals surface area contributed by atoms with Gasteiger partial charge >= 0.3 is 0 Å². The van der Waals surface area contributed by atoms with Crippen molar-refractivity contribution in [2.24, 2.45) is 17.8 Å². The van der Waals surface area contributed by atoms with Gasteiger partial charge in [0.05, 0.1) is 0 Å². The quantitative estimate of drug-likeness (QED) is 0.693.